The molecule has 3 aromatic rings. The lowest BCUT2D eigenvalue weighted by Crippen LogP contribution is -2.39. The Morgan fingerprint density at radius 1 is 1.00 bits per heavy atom. The van der Waals surface area contributed by atoms with E-state index in [0.717, 1.165) is 58.7 Å². The Hall–Kier alpha value is -2.05. The molecule has 0 amide bonds. The van der Waals surface area contributed by atoms with Crippen LogP contribution in [0, 0.1) is 0 Å². The molecule has 1 saturated carbocycles. The lowest BCUT2D eigenvalue weighted by molar-refractivity contribution is 0.384. The fraction of sp³-hybridized carbons (Fsp3) is 0.333. The molecule has 8 heteroatoms. The summed E-state index contributed by atoms with van der Waals surface area (Å²) in [5.74, 6) is 2.41. The smallest absolute Gasteiger partial charge is 0.154 e. The molecule has 0 radical (unpaired) electrons. The average Bonchev–Trinajstić information content (AvgIpc) is 2.78. The van der Waals surface area contributed by atoms with Crippen LogP contribution in [0.4, 0.5) is 5.82 Å². The normalized spacial score (nSPS) is 18.1. The van der Waals surface area contributed by atoms with Crippen LogP contribution < -0.4 is 15.4 Å². The summed E-state index contributed by atoms with van der Waals surface area (Å²) in [7, 11) is 3.80. The Bertz CT molecular complexity index is 1050. The average molecular weight is 496 g/mol. The molecule has 0 aliphatic heterocycles. The number of fused-ring (bicyclic) bond motifs is 1. The lowest BCUT2D eigenvalue weighted by Gasteiger charge is -2.34. The Kier molecular flexibility index (Phi) is 9.59. The quantitative estimate of drug-likeness (QED) is 0.469. The molecular formula is C24H29Cl3N4O. The lowest BCUT2D eigenvalue weighted by atomic mass is 9.91. The Balaban J connectivity index is 0.00000181. The van der Waals surface area contributed by atoms with Crippen molar-refractivity contribution < 1.29 is 4.74 Å². The Morgan fingerprint density at radius 3 is 2.34 bits per heavy atom. The van der Waals surface area contributed by atoms with Gasteiger partial charge in [-0.1, -0.05) is 29.8 Å². The first kappa shape index (κ1) is 26.2. The SMILES string of the molecule is COc1ccc2nc(C=Cc3ccc(Cl)cc3)nc(N(C)C3CCC(N)CC3)c2c1.Cl.Cl. The molecule has 0 spiro atoms. The number of benzene rings is 2. The molecule has 1 aromatic heterocycles. The fourth-order valence-corrected chi connectivity index (χ4v) is 4.11. The first-order valence-electron chi connectivity index (χ1n) is 10.3. The summed E-state index contributed by atoms with van der Waals surface area (Å²) in [5, 5.41) is 1.72. The summed E-state index contributed by atoms with van der Waals surface area (Å²) in [6.45, 7) is 0. The summed E-state index contributed by atoms with van der Waals surface area (Å²) < 4.78 is 5.45. The van der Waals surface area contributed by atoms with Crippen molar-refractivity contribution in [1.82, 2.24) is 9.97 Å². The number of halogens is 3. The molecule has 1 aliphatic carbocycles. The van der Waals surface area contributed by atoms with Gasteiger partial charge < -0.3 is 15.4 Å². The van der Waals surface area contributed by atoms with Crippen LogP contribution in [0.2, 0.25) is 5.02 Å². The zero-order valence-electron chi connectivity index (χ0n) is 18.2. The molecule has 1 aliphatic rings. The molecule has 2 aromatic carbocycles. The van der Waals surface area contributed by atoms with Gasteiger partial charge in [0.25, 0.3) is 0 Å². The molecule has 0 bridgehead atoms. The number of nitrogens with two attached hydrogens (primary N) is 1. The van der Waals surface area contributed by atoms with Crippen molar-refractivity contribution >= 4 is 65.3 Å². The van der Waals surface area contributed by atoms with Crippen molar-refractivity contribution in [2.45, 2.75) is 37.8 Å². The maximum absolute atomic E-state index is 6.11. The summed E-state index contributed by atoms with van der Waals surface area (Å²) in [5.41, 5.74) is 8.06. The van der Waals surface area contributed by atoms with Crippen molar-refractivity contribution in [1.29, 1.82) is 0 Å². The largest absolute Gasteiger partial charge is 0.497 e. The zero-order valence-corrected chi connectivity index (χ0v) is 20.6. The molecule has 2 N–H and O–H groups in total. The molecule has 0 saturated heterocycles. The highest BCUT2D eigenvalue weighted by atomic mass is 35.5. The van der Waals surface area contributed by atoms with Gasteiger partial charge in [0.05, 0.1) is 12.6 Å². The predicted molar refractivity (Wildman–Crippen MR) is 140 cm³/mol. The van der Waals surface area contributed by atoms with Crippen LogP contribution in [0.5, 0.6) is 5.75 Å². The number of hydrogen-bond acceptors (Lipinski definition) is 5. The Labute approximate surface area is 206 Å². The van der Waals surface area contributed by atoms with Gasteiger partial charge in [-0.2, -0.15) is 0 Å². The second kappa shape index (κ2) is 11.7. The van der Waals surface area contributed by atoms with Crippen LogP contribution in [-0.4, -0.2) is 36.2 Å². The first-order chi connectivity index (χ1) is 14.5. The van der Waals surface area contributed by atoms with Gasteiger partial charge in [0.2, 0.25) is 0 Å². The molecule has 1 fully saturated rings. The minimum absolute atomic E-state index is 0. The minimum atomic E-state index is 0. The van der Waals surface area contributed by atoms with Gasteiger partial charge in [-0.25, -0.2) is 9.97 Å². The fourth-order valence-electron chi connectivity index (χ4n) is 3.99. The third-order valence-corrected chi connectivity index (χ3v) is 6.07. The van der Waals surface area contributed by atoms with Crippen LogP contribution in [0.1, 0.15) is 37.1 Å². The van der Waals surface area contributed by atoms with Crippen molar-refractivity contribution in [3.63, 3.8) is 0 Å². The molecular weight excluding hydrogens is 467 g/mol. The number of aromatic nitrogens is 2. The third kappa shape index (κ3) is 6.04. The first-order valence-corrected chi connectivity index (χ1v) is 10.7. The van der Waals surface area contributed by atoms with E-state index in [9.17, 15) is 0 Å². The molecule has 172 valence electrons. The van der Waals surface area contributed by atoms with Gasteiger partial charge >= 0.3 is 0 Å². The van der Waals surface area contributed by atoms with E-state index in [1.54, 1.807) is 7.11 Å². The molecule has 0 atom stereocenters. The van der Waals surface area contributed by atoms with E-state index in [0.29, 0.717) is 17.9 Å². The highest BCUT2D eigenvalue weighted by Gasteiger charge is 2.24. The van der Waals surface area contributed by atoms with Crippen LogP contribution in [-0.2, 0) is 0 Å². The summed E-state index contributed by atoms with van der Waals surface area (Å²) in [6.07, 6.45) is 8.19. The minimum Gasteiger partial charge on any atom is -0.497 e. The number of methoxy groups -OCH3 is 1. The second-order valence-corrected chi connectivity index (χ2v) is 8.29. The van der Waals surface area contributed by atoms with E-state index in [1.165, 1.54) is 0 Å². The molecule has 1 heterocycles. The molecule has 5 nitrogen and oxygen atoms in total. The maximum atomic E-state index is 6.11. The number of ether oxygens (including phenoxy) is 1. The van der Waals surface area contributed by atoms with E-state index in [4.69, 9.17) is 32.0 Å². The predicted octanol–water partition coefficient (Wildman–Crippen LogP) is 6.01. The van der Waals surface area contributed by atoms with Crippen LogP contribution in [0.25, 0.3) is 23.1 Å². The van der Waals surface area contributed by atoms with Crippen molar-refractivity contribution in [3.05, 3.63) is 58.9 Å². The molecule has 32 heavy (non-hydrogen) atoms. The molecule has 4 rings (SSSR count). The van der Waals surface area contributed by atoms with Crippen LogP contribution >= 0.6 is 36.4 Å². The summed E-state index contributed by atoms with van der Waals surface area (Å²) in [6, 6.07) is 14.4. The van der Waals surface area contributed by atoms with Gasteiger partial charge in [0.15, 0.2) is 5.82 Å². The van der Waals surface area contributed by atoms with Crippen LogP contribution in [0.3, 0.4) is 0 Å². The van der Waals surface area contributed by atoms with E-state index in [2.05, 4.69) is 11.9 Å². The van der Waals surface area contributed by atoms with E-state index >= 15 is 0 Å². The number of anilines is 1. The highest BCUT2D eigenvalue weighted by molar-refractivity contribution is 6.30. The van der Waals surface area contributed by atoms with Crippen molar-refractivity contribution in [2.24, 2.45) is 5.73 Å². The van der Waals surface area contributed by atoms with Crippen molar-refractivity contribution in [2.75, 3.05) is 19.1 Å². The topological polar surface area (TPSA) is 64.3 Å². The monoisotopic (exact) mass is 494 g/mol. The third-order valence-electron chi connectivity index (χ3n) is 5.82. The van der Waals surface area contributed by atoms with Gasteiger partial charge in [-0.05, 0) is 67.7 Å². The van der Waals surface area contributed by atoms with Crippen molar-refractivity contribution in [3.8, 4) is 5.75 Å². The molecule has 0 unspecified atom stereocenters. The second-order valence-electron chi connectivity index (χ2n) is 7.85. The van der Waals surface area contributed by atoms with E-state index < -0.39 is 0 Å². The van der Waals surface area contributed by atoms with Gasteiger partial charge in [-0.3, -0.25) is 0 Å². The van der Waals surface area contributed by atoms with Gasteiger partial charge in [0.1, 0.15) is 11.6 Å². The standard InChI is InChI=1S/C24H27ClN4O.2ClH/c1-29(19-10-8-18(26)9-11-19)24-21-15-20(30-2)12-13-22(21)27-23(28-24)14-5-16-3-6-17(25)7-4-16;;/h3-7,12-15,18-19H,8-11,26H2,1-2H3;2*1H. The summed E-state index contributed by atoms with van der Waals surface area (Å²) in [4.78, 5) is 12.0. The van der Waals surface area contributed by atoms with Gasteiger partial charge in [-0.15, -0.1) is 24.8 Å². The number of rotatable bonds is 5. The Morgan fingerprint density at radius 2 is 1.69 bits per heavy atom. The van der Waals surface area contributed by atoms with Gasteiger partial charge in [0, 0.05) is 29.5 Å². The van der Waals surface area contributed by atoms with E-state index in [1.807, 2.05) is 54.6 Å². The van der Waals surface area contributed by atoms with Crippen LogP contribution in [0.15, 0.2) is 42.5 Å². The summed E-state index contributed by atoms with van der Waals surface area (Å²) >= 11 is 5.98. The maximum Gasteiger partial charge on any atom is 0.154 e. The van der Waals surface area contributed by atoms with E-state index in [-0.39, 0.29) is 24.8 Å². The zero-order chi connectivity index (χ0) is 21.1. The highest BCUT2D eigenvalue weighted by Crippen LogP contribution is 2.32. The number of hydrogen-bond donors (Lipinski definition) is 1. The number of nitrogens with zero attached hydrogens (tertiary/aromatic N) is 3.